The first-order valence-electron chi connectivity index (χ1n) is 10.2. The van der Waals surface area contributed by atoms with Crippen molar-refractivity contribution in [1.82, 2.24) is 5.32 Å². The Kier molecular flexibility index (Phi) is 6.39. The number of aryl methyl sites for hydroxylation is 1. The van der Waals surface area contributed by atoms with E-state index < -0.39 is 11.5 Å². The van der Waals surface area contributed by atoms with Crippen molar-refractivity contribution in [2.45, 2.75) is 47.1 Å². The summed E-state index contributed by atoms with van der Waals surface area (Å²) in [5.74, 6) is -0.964. The van der Waals surface area contributed by atoms with Crippen molar-refractivity contribution < 1.29 is 9.59 Å². The second-order valence-corrected chi connectivity index (χ2v) is 9.38. The van der Waals surface area contributed by atoms with E-state index in [1.54, 1.807) is 30.1 Å². The maximum Gasteiger partial charge on any atom is 0.256 e. The molecule has 2 atom stereocenters. The smallest absolute Gasteiger partial charge is 0.256 e. The van der Waals surface area contributed by atoms with E-state index in [-0.39, 0.29) is 11.8 Å². The lowest BCUT2D eigenvalue weighted by atomic mass is 9.85. The van der Waals surface area contributed by atoms with E-state index in [4.69, 9.17) is 16.6 Å². The standard InChI is InChI=1S/C23H28ClN3O2S/c1-7-25-20(28)14(4)23(6)22(29)27(8-2)21-18(13(3)15(5)30-21)19(26-23)16-9-11-17(24)12-10-16/h9-12,14H,7-8H2,1-6H3,(H,25,28). The van der Waals surface area contributed by atoms with Crippen molar-refractivity contribution in [2.75, 3.05) is 18.0 Å². The van der Waals surface area contributed by atoms with E-state index >= 15 is 0 Å². The van der Waals surface area contributed by atoms with Gasteiger partial charge >= 0.3 is 0 Å². The van der Waals surface area contributed by atoms with Gasteiger partial charge in [-0.3, -0.25) is 14.6 Å². The zero-order valence-electron chi connectivity index (χ0n) is 18.3. The number of halogens is 1. The monoisotopic (exact) mass is 445 g/mol. The van der Waals surface area contributed by atoms with Crippen molar-refractivity contribution in [2.24, 2.45) is 10.9 Å². The molecule has 0 saturated carbocycles. The molecule has 0 spiro atoms. The second-order valence-electron chi connectivity index (χ2n) is 7.74. The van der Waals surface area contributed by atoms with E-state index in [1.165, 1.54) is 0 Å². The number of rotatable bonds is 5. The van der Waals surface area contributed by atoms with E-state index in [0.29, 0.717) is 18.1 Å². The van der Waals surface area contributed by atoms with Crippen LogP contribution in [0.3, 0.4) is 0 Å². The summed E-state index contributed by atoms with van der Waals surface area (Å²) < 4.78 is 0. The number of anilines is 1. The quantitative estimate of drug-likeness (QED) is 0.721. The molecular formula is C23H28ClN3O2S. The Labute approximate surface area is 187 Å². The molecule has 1 N–H and O–H groups in total. The summed E-state index contributed by atoms with van der Waals surface area (Å²) in [6.07, 6.45) is 0. The van der Waals surface area contributed by atoms with Gasteiger partial charge in [0.15, 0.2) is 0 Å². The number of nitrogens with zero attached hydrogens (tertiary/aromatic N) is 2. The van der Waals surface area contributed by atoms with Crippen molar-refractivity contribution in [3.05, 3.63) is 50.9 Å². The number of hydrogen-bond donors (Lipinski definition) is 1. The average molecular weight is 446 g/mol. The zero-order valence-corrected chi connectivity index (χ0v) is 19.9. The summed E-state index contributed by atoms with van der Waals surface area (Å²) in [4.78, 5) is 34.5. The van der Waals surface area contributed by atoms with Crippen molar-refractivity contribution >= 4 is 45.5 Å². The third-order valence-corrected chi connectivity index (χ3v) is 7.37. The minimum atomic E-state index is -1.23. The minimum absolute atomic E-state index is 0.157. The maximum absolute atomic E-state index is 13.8. The van der Waals surface area contributed by atoms with Gasteiger partial charge in [-0.05, 0) is 52.3 Å². The first kappa shape index (κ1) is 22.5. The van der Waals surface area contributed by atoms with Crippen molar-refractivity contribution in [1.29, 1.82) is 0 Å². The van der Waals surface area contributed by atoms with Crippen LogP contribution < -0.4 is 10.2 Å². The molecule has 7 heteroatoms. The molecule has 3 rings (SSSR count). The van der Waals surface area contributed by atoms with Gasteiger partial charge in [0.05, 0.1) is 11.6 Å². The Morgan fingerprint density at radius 3 is 2.47 bits per heavy atom. The fraction of sp³-hybridized carbons (Fsp3) is 0.435. The number of carbonyl (C=O) groups excluding carboxylic acids is 2. The summed E-state index contributed by atoms with van der Waals surface area (Å²) in [5, 5.41) is 4.37. The molecule has 2 amide bonds. The number of carbonyl (C=O) groups is 2. The highest BCUT2D eigenvalue weighted by Gasteiger charge is 2.48. The number of aliphatic imine (C=N–C) groups is 1. The van der Waals surface area contributed by atoms with E-state index in [0.717, 1.165) is 32.3 Å². The Bertz CT molecular complexity index is 1010. The van der Waals surface area contributed by atoms with Gasteiger partial charge in [-0.25, -0.2) is 0 Å². The Hall–Kier alpha value is -2.18. The van der Waals surface area contributed by atoms with Gasteiger partial charge in [-0.2, -0.15) is 0 Å². The van der Waals surface area contributed by atoms with Crippen LogP contribution in [0.2, 0.25) is 5.02 Å². The third kappa shape index (κ3) is 3.67. The number of benzene rings is 1. The van der Waals surface area contributed by atoms with Crippen LogP contribution in [-0.2, 0) is 9.59 Å². The lowest BCUT2D eigenvalue weighted by Crippen LogP contribution is -2.53. The number of fused-ring (bicyclic) bond motifs is 1. The van der Waals surface area contributed by atoms with Crippen molar-refractivity contribution in [3.8, 4) is 0 Å². The van der Waals surface area contributed by atoms with Crippen LogP contribution in [-0.4, -0.2) is 36.2 Å². The molecule has 0 aliphatic carbocycles. The number of thiophene rings is 1. The molecule has 0 bridgehead atoms. The lowest BCUT2D eigenvalue weighted by Gasteiger charge is -2.33. The number of hydrogen-bond acceptors (Lipinski definition) is 4. The molecule has 0 saturated heterocycles. The van der Waals surface area contributed by atoms with Gasteiger partial charge in [0, 0.05) is 34.1 Å². The molecule has 1 aliphatic heterocycles. The highest BCUT2D eigenvalue weighted by Crippen LogP contribution is 2.42. The minimum Gasteiger partial charge on any atom is -0.356 e. The summed E-state index contributed by atoms with van der Waals surface area (Å²) in [5.41, 5.74) is 2.43. The van der Waals surface area contributed by atoms with E-state index in [2.05, 4.69) is 19.2 Å². The number of nitrogens with one attached hydrogen (secondary N) is 1. The normalized spacial score (nSPS) is 19.8. The molecule has 0 fully saturated rings. The van der Waals surface area contributed by atoms with Crippen molar-refractivity contribution in [3.63, 3.8) is 0 Å². The average Bonchev–Trinajstić information content (AvgIpc) is 2.96. The SMILES string of the molecule is CCNC(=O)C(C)C1(C)N=C(c2ccc(Cl)cc2)c2c(sc(C)c2C)N(CC)C1=O. The van der Waals surface area contributed by atoms with Gasteiger partial charge in [0.1, 0.15) is 10.5 Å². The summed E-state index contributed by atoms with van der Waals surface area (Å²) in [6.45, 7) is 12.5. The lowest BCUT2D eigenvalue weighted by molar-refractivity contribution is -0.133. The molecule has 5 nitrogen and oxygen atoms in total. The highest BCUT2D eigenvalue weighted by atomic mass is 35.5. The molecule has 1 aromatic heterocycles. The topological polar surface area (TPSA) is 61.8 Å². The number of amides is 2. The van der Waals surface area contributed by atoms with E-state index in [9.17, 15) is 9.59 Å². The van der Waals surface area contributed by atoms with Gasteiger partial charge in [-0.15, -0.1) is 11.3 Å². The van der Waals surface area contributed by atoms with Crippen LogP contribution in [0.1, 0.15) is 49.3 Å². The first-order chi connectivity index (χ1) is 14.2. The summed E-state index contributed by atoms with van der Waals surface area (Å²) in [6, 6.07) is 7.48. The molecule has 1 aliphatic rings. The second kappa shape index (κ2) is 8.52. The summed E-state index contributed by atoms with van der Waals surface area (Å²) in [7, 11) is 0. The fourth-order valence-electron chi connectivity index (χ4n) is 3.75. The number of likely N-dealkylation sites (N-methyl/N-ethyl adjacent to an activating group) is 1. The molecule has 2 aromatic rings. The Balaban J connectivity index is 2.32. The van der Waals surface area contributed by atoms with Crippen LogP contribution in [0.5, 0.6) is 0 Å². The fourth-order valence-corrected chi connectivity index (χ4v) is 5.09. The molecule has 2 unspecified atom stereocenters. The van der Waals surface area contributed by atoms with Gasteiger partial charge < -0.3 is 10.2 Å². The van der Waals surface area contributed by atoms with Gasteiger partial charge in [0.2, 0.25) is 5.91 Å². The third-order valence-electron chi connectivity index (χ3n) is 5.89. The van der Waals surface area contributed by atoms with Gasteiger partial charge in [0.25, 0.3) is 5.91 Å². The van der Waals surface area contributed by atoms with Crippen LogP contribution in [0, 0.1) is 19.8 Å². The largest absolute Gasteiger partial charge is 0.356 e. The molecule has 160 valence electrons. The zero-order chi connectivity index (χ0) is 22.2. The van der Waals surface area contributed by atoms with Crippen LogP contribution >= 0.6 is 22.9 Å². The maximum atomic E-state index is 13.8. The van der Waals surface area contributed by atoms with Gasteiger partial charge in [-0.1, -0.05) is 30.7 Å². The molecule has 0 radical (unpaired) electrons. The summed E-state index contributed by atoms with van der Waals surface area (Å²) >= 11 is 7.71. The molecular weight excluding hydrogens is 418 g/mol. The predicted octanol–water partition coefficient (Wildman–Crippen LogP) is 4.75. The van der Waals surface area contributed by atoms with Crippen LogP contribution in [0.25, 0.3) is 0 Å². The first-order valence-corrected chi connectivity index (χ1v) is 11.4. The molecule has 2 heterocycles. The Morgan fingerprint density at radius 2 is 1.90 bits per heavy atom. The highest BCUT2D eigenvalue weighted by molar-refractivity contribution is 7.17. The van der Waals surface area contributed by atoms with Crippen LogP contribution in [0.4, 0.5) is 5.00 Å². The predicted molar refractivity (Wildman–Crippen MR) is 125 cm³/mol. The van der Waals surface area contributed by atoms with E-state index in [1.807, 2.05) is 38.1 Å². The Morgan fingerprint density at radius 1 is 1.27 bits per heavy atom. The molecule has 1 aromatic carbocycles. The molecule has 30 heavy (non-hydrogen) atoms. The van der Waals surface area contributed by atoms with Crippen LogP contribution in [0.15, 0.2) is 29.3 Å².